The normalized spacial score (nSPS) is 10.0. The molecule has 0 fully saturated rings. The number of benzene rings is 1. The Morgan fingerprint density at radius 1 is 1.16 bits per heavy atom. The van der Waals surface area contributed by atoms with Crippen LogP contribution >= 0.6 is 22.6 Å². The molecule has 2 aromatic rings. The summed E-state index contributed by atoms with van der Waals surface area (Å²) >= 11 is 2.21. The predicted molar refractivity (Wildman–Crippen MR) is 83.3 cm³/mol. The molecule has 1 aromatic heterocycles. The first-order valence-electron chi connectivity index (χ1n) is 5.83. The first-order chi connectivity index (χ1) is 9.19. The van der Waals surface area contributed by atoms with Gasteiger partial charge in [-0.15, -0.1) is 10.2 Å². The van der Waals surface area contributed by atoms with Crippen molar-refractivity contribution in [3.05, 3.63) is 45.7 Å². The lowest BCUT2D eigenvalue weighted by Gasteiger charge is -2.05. The summed E-state index contributed by atoms with van der Waals surface area (Å²) < 4.78 is 1.12. The molecule has 0 unspecified atom stereocenters. The number of hydrogen-bond donors (Lipinski definition) is 2. The van der Waals surface area contributed by atoms with E-state index in [9.17, 15) is 4.79 Å². The number of nitrogens with one attached hydrogen (secondary N) is 2. The zero-order valence-corrected chi connectivity index (χ0v) is 12.5. The van der Waals surface area contributed by atoms with Crippen molar-refractivity contribution >= 4 is 40.0 Å². The summed E-state index contributed by atoms with van der Waals surface area (Å²) in [5.74, 6) is 0.394. The molecule has 19 heavy (non-hydrogen) atoms. The highest BCUT2D eigenvalue weighted by Gasteiger charge is 2.08. The van der Waals surface area contributed by atoms with Gasteiger partial charge in [-0.25, -0.2) is 0 Å². The number of carbonyl (C=O) groups is 1. The van der Waals surface area contributed by atoms with E-state index in [2.05, 4.69) is 43.4 Å². The summed E-state index contributed by atoms with van der Waals surface area (Å²) in [5, 5.41) is 13.6. The molecule has 0 spiro atoms. The van der Waals surface area contributed by atoms with Crippen LogP contribution in [0.4, 0.5) is 11.5 Å². The topological polar surface area (TPSA) is 66.9 Å². The molecule has 0 aliphatic rings. The van der Waals surface area contributed by atoms with Crippen LogP contribution in [-0.4, -0.2) is 22.6 Å². The summed E-state index contributed by atoms with van der Waals surface area (Å²) in [6.07, 6.45) is 0. The van der Waals surface area contributed by atoms with Crippen molar-refractivity contribution in [3.8, 4) is 0 Å². The van der Waals surface area contributed by atoms with Crippen LogP contribution < -0.4 is 10.6 Å². The summed E-state index contributed by atoms with van der Waals surface area (Å²) in [5.41, 5.74) is 1.03. The van der Waals surface area contributed by atoms with Crippen LogP contribution in [-0.2, 0) is 0 Å². The minimum atomic E-state index is -0.267. The molecule has 0 saturated carbocycles. The van der Waals surface area contributed by atoms with E-state index in [0.29, 0.717) is 11.5 Å². The third-order valence-electron chi connectivity index (χ3n) is 2.36. The Bertz CT molecular complexity index is 554. The van der Waals surface area contributed by atoms with Gasteiger partial charge in [0.05, 0.1) is 0 Å². The van der Waals surface area contributed by atoms with Crippen LogP contribution in [0.5, 0.6) is 0 Å². The number of carbonyl (C=O) groups excluding carboxylic acids is 1. The molecule has 1 amide bonds. The van der Waals surface area contributed by atoms with Gasteiger partial charge in [-0.3, -0.25) is 4.79 Å². The molecule has 0 aliphatic heterocycles. The van der Waals surface area contributed by atoms with Gasteiger partial charge >= 0.3 is 0 Å². The van der Waals surface area contributed by atoms with Gasteiger partial charge in [-0.1, -0.05) is 0 Å². The van der Waals surface area contributed by atoms with Crippen molar-refractivity contribution in [1.29, 1.82) is 0 Å². The summed E-state index contributed by atoms with van der Waals surface area (Å²) in [6.45, 7) is 2.74. The smallest absolute Gasteiger partial charge is 0.276 e. The maximum Gasteiger partial charge on any atom is 0.276 e. The SMILES string of the molecule is CCNc1ccc(C(=O)Nc2ccc(I)cc2)nn1. The predicted octanol–water partition coefficient (Wildman–Crippen LogP) is 2.77. The van der Waals surface area contributed by atoms with Crippen LogP contribution in [0.15, 0.2) is 36.4 Å². The van der Waals surface area contributed by atoms with Crippen LogP contribution in [0.25, 0.3) is 0 Å². The molecule has 0 saturated heterocycles. The lowest BCUT2D eigenvalue weighted by atomic mass is 10.3. The van der Waals surface area contributed by atoms with Crippen molar-refractivity contribution in [3.63, 3.8) is 0 Å². The van der Waals surface area contributed by atoms with Crippen LogP contribution in [0.3, 0.4) is 0 Å². The molecule has 5 nitrogen and oxygen atoms in total. The Hall–Kier alpha value is -1.70. The standard InChI is InChI=1S/C13H13IN4O/c1-2-15-12-8-7-11(17-18-12)13(19)16-10-5-3-9(14)4-6-10/h3-8H,2H2,1H3,(H,15,18)(H,16,19). The van der Waals surface area contributed by atoms with Gasteiger partial charge in [-0.2, -0.15) is 0 Å². The first kappa shape index (κ1) is 13.7. The maximum absolute atomic E-state index is 11.9. The number of aromatic nitrogens is 2. The van der Waals surface area contributed by atoms with E-state index in [4.69, 9.17) is 0 Å². The Morgan fingerprint density at radius 2 is 1.89 bits per heavy atom. The second kappa shape index (κ2) is 6.46. The number of hydrogen-bond acceptors (Lipinski definition) is 4. The van der Waals surface area contributed by atoms with E-state index < -0.39 is 0 Å². The third kappa shape index (κ3) is 3.88. The zero-order chi connectivity index (χ0) is 13.7. The van der Waals surface area contributed by atoms with Crippen LogP contribution in [0.2, 0.25) is 0 Å². The summed E-state index contributed by atoms with van der Waals surface area (Å²) in [6, 6.07) is 10.9. The number of amides is 1. The first-order valence-corrected chi connectivity index (χ1v) is 6.91. The van der Waals surface area contributed by atoms with E-state index in [-0.39, 0.29) is 5.91 Å². The van der Waals surface area contributed by atoms with Gasteiger partial charge in [-0.05, 0) is 65.9 Å². The Balaban J connectivity index is 2.05. The van der Waals surface area contributed by atoms with Gasteiger partial charge in [0.25, 0.3) is 5.91 Å². The van der Waals surface area contributed by atoms with Gasteiger partial charge in [0.2, 0.25) is 0 Å². The van der Waals surface area contributed by atoms with E-state index in [1.807, 2.05) is 31.2 Å². The lowest BCUT2D eigenvalue weighted by molar-refractivity contribution is 0.102. The zero-order valence-electron chi connectivity index (χ0n) is 10.4. The average molecular weight is 368 g/mol. The Labute approximate surface area is 125 Å². The molecule has 98 valence electrons. The van der Waals surface area contributed by atoms with Gasteiger partial charge in [0, 0.05) is 15.8 Å². The fourth-order valence-electron chi connectivity index (χ4n) is 1.46. The van der Waals surface area contributed by atoms with E-state index >= 15 is 0 Å². The minimum absolute atomic E-state index is 0.267. The molecule has 0 bridgehead atoms. The molecule has 0 atom stereocenters. The summed E-state index contributed by atoms with van der Waals surface area (Å²) in [7, 11) is 0. The maximum atomic E-state index is 11.9. The third-order valence-corrected chi connectivity index (χ3v) is 3.08. The van der Waals surface area contributed by atoms with E-state index in [0.717, 1.165) is 15.8 Å². The lowest BCUT2D eigenvalue weighted by Crippen LogP contribution is -2.14. The second-order valence-corrected chi connectivity index (χ2v) is 5.04. The number of halogens is 1. The van der Waals surface area contributed by atoms with Gasteiger partial charge in [0.1, 0.15) is 5.82 Å². The monoisotopic (exact) mass is 368 g/mol. The molecular weight excluding hydrogens is 355 g/mol. The molecule has 0 aliphatic carbocycles. The molecule has 1 aromatic carbocycles. The fourth-order valence-corrected chi connectivity index (χ4v) is 1.82. The van der Waals surface area contributed by atoms with Crippen molar-refractivity contribution in [2.24, 2.45) is 0 Å². The number of rotatable bonds is 4. The molecule has 0 radical (unpaired) electrons. The largest absolute Gasteiger partial charge is 0.369 e. The van der Waals surface area contributed by atoms with Crippen molar-refractivity contribution in [2.75, 3.05) is 17.2 Å². The minimum Gasteiger partial charge on any atom is -0.369 e. The Morgan fingerprint density at radius 3 is 2.47 bits per heavy atom. The van der Waals surface area contributed by atoms with Crippen molar-refractivity contribution in [2.45, 2.75) is 6.92 Å². The molecule has 2 rings (SSSR count). The molecule has 2 N–H and O–H groups in total. The van der Waals surface area contributed by atoms with Crippen molar-refractivity contribution < 1.29 is 4.79 Å². The molecule has 6 heteroatoms. The fraction of sp³-hybridized carbons (Fsp3) is 0.154. The second-order valence-electron chi connectivity index (χ2n) is 3.80. The molecular formula is C13H13IN4O. The van der Waals surface area contributed by atoms with Crippen LogP contribution in [0.1, 0.15) is 17.4 Å². The average Bonchev–Trinajstić information content (AvgIpc) is 2.42. The van der Waals surface area contributed by atoms with Gasteiger partial charge < -0.3 is 10.6 Å². The van der Waals surface area contributed by atoms with Gasteiger partial charge in [0.15, 0.2) is 5.69 Å². The number of nitrogens with zero attached hydrogens (tertiary/aromatic N) is 2. The highest BCUT2D eigenvalue weighted by atomic mass is 127. The van der Waals surface area contributed by atoms with E-state index in [1.54, 1.807) is 12.1 Å². The summed E-state index contributed by atoms with van der Waals surface area (Å²) in [4.78, 5) is 11.9. The van der Waals surface area contributed by atoms with E-state index in [1.165, 1.54) is 0 Å². The van der Waals surface area contributed by atoms with Crippen molar-refractivity contribution in [1.82, 2.24) is 10.2 Å². The highest BCUT2D eigenvalue weighted by Crippen LogP contribution is 2.12. The highest BCUT2D eigenvalue weighted by molar-refractivity contribution is 14.1. The quantitative estimate of drug-likeness (QED) is 0.815. The Kier molecular flexibility index (Phi) is 4.67. The van der Waals surface area contributed by atoms with Crippen LogP contribution in [0, 0.1) is 3.57 Å². The molecule has 1 heterocycles. The number of anilines is 2.